The minimum absolute atomic E-state index is 0.0158. The second-order valence-corrected chi connectivity index (χ2v) is 46.1. The van der Waals surface area contributed by atoms with Crippen LogP contribution >= 0.6 is 79.1 Å². The van der Waals surface area contributed by atoms with Gasteiger partial charge >= 0.3 is 32.0 Å². The number of imidazole rings is 4. The standard InChI is InChI=1S/C19H31N6O8PS.C19H28N5O8PS.C18H29N6O9PS.C11H15N5O5.C8H15O4PS.C6H15N/c1-5-18(2,3)16(28)35-7-6-31-34(21,30)32-8-10-12(26)19(4,29)15(33-10)25-9-22-11-13(25)23-17(20)24-14(11)27;1-5-18(2,3)16(27)34-7-6-30-33(29)31-8-10-12(25)19(4,28)15(32-10)24-9-21-11-13(24)22-17(20)23-14(11)26;1-17(2,7-25)15(28)35-5-4-31-34(20,30)32-6-9-11(26)18(3,29)14(33-9)24-8-21-10-12(24)22-16(19)23-13(10)27;1-11(20)6(18)4(2-17)21-9(11)16-3-13-5-7(16)14-10(12)15-8(5)19;1-4-8(2,3)7(9)14-6-5-12-13(10)11;1-4-7(5-2)6-3/h9-10,12,15,26,29H,5-8H2,1-4H3,(H2,21,30)(H3,20,23,24,27);9-10,12,15,25,28H,5-8H2,1-4H3,(H2-,20,22,23,26);8-9,11,14,25-26,29H,4-7H2,1-3H3,(H2,20,30)(H3,19,22,23,27);3-4,6,9,17-18,20H,2H2,1H3,(H3,12,14,15,19);4-6H2,1-3H3;4-6H2,1-3H3/p+2/t10-,12+,15-,19?,34?;10-,12+,15-,19?;9-,11+,14-,18?,34?;4-,6+,9-,11?;;/m1111../s1. The van der Waals surface area contributed by atoms with Gasteiger partial charge in [-0.2, -0.15) is 19.9 Å². The van der Waals surface area contributed by atoms with E-state index in [1.165, 1.54) is 90.9 Å². The highest BCUT2D eigenvalue weighted by Gasteiger charge is 2.58. The third kappa shape index (κ3) is 32.0. The van der Waals surface area contributed by atoms with Gasteiger partial charge in [-0.3, -0.25) is 94.7 Å². The van der Waals surface area contributed by atoms with E-state index in [1.807, 2.05) is 62.3 Å². The predicted octanol–water partition coefficient (Wildman–Crippen LogP) is 0.0453. The van der Waals surface area contributed by atoms with Crippen LogP contribution in [0.5, 0.6) is 0 Å². The molecule has 4 aliphatic rings. The van der Waals surface area contributed by atoms with Crippen molar-refractivity contribution in [3.63, 3.8) is 0 Å². The van der Waals surface area contributed by atoms with Gasteiger partial charge in [-0.15, -0.1) is 13.6 Å². The molecule has 4 saturated heterocycles. The van der Waals surface area contributed by atoms with Crippen molar-refractivity contribution >= 4 is 168 Å². The molecule has 12 heterocycles. The Morgan fingerprint density at radius 1 is 0.438 bits per heavy atom. The summed E-state index contributed by atoms with van der Waals surface area (Å²) >= 11 is 4.16. The lowest BCUT2D eigenvalue weighted by Gasteiger charge is -2.27. The van der Waals surface area contributed by atoms with E-state index >= 15 is 0 Å². The quantitative estimate of drug-likeness (QED) is 0.0178. The van der Waals surface area contributed by atoms with E-state index in [0.717, 1.165) is 53.5 Å². The number of hydrogen-bond acceptors (Lipinski definition) is 50. The average molecular weight is 2230 g/mol. The van der Waals surface area contributed by atoms with Crippen LogP contribution in [0.1, 0.15) is 169 Å². The number of H-pyrrole nitrogens is 4. The molecular weight excluding hydrogens is 2090 g/mol. The third-order valence-corrected chi connectivity index (χ3v) is 32.1. The fourth-order valence-corrected chi connectivity index (χ4v) is 20.0. The lowest BCUT2D eigenvalue weighted by molar-refractivity contribution is -0.894. The summed E-state index contributed by atoms with van der Waals surface area (Å²) in [5.74, 6) is 0.450. The van der Waals surface area contributed by atoms with Crippen molar-refractivity contribution in [2.24, 2.45) is 32.7 Å². The van der Waals surface area contributed by atoms with Crippen LogP contribution in [-0.2, 0) is 88.1 Å². The van der Waals surface area contributed by atoms with E-state index < -0.39 is 186 Å². The fraction of sp³-hybridized carbons (Fsp3) is 0.704. The van der Waals surface area contributed by atoms with Crippen molar-refractivity contribution in [1.82, 2.24) is 78.1 Å². The fourth-order valence-electron chi connectivity index (χ4n) is 13.7. The zero-order valence-corrected chi connectivity index (χ0v) is 90.5. The van der Waals surface area contributed by atoms with Gasteiger partial charge in [0, 0.05) is 43.8 Å². The number of aromatic amines is 4. The summed E-state index contributed by atoms with van der Waals surface area (Å²) in [5.41, 5.74) is 21.9. The minimum Gasteiger partial charge on any atom is -0.566 e. The Hall–Kier alpha value is -7.66. The molecule has 20 atom stereocenters. The molecule has 0 radical (unpaired) electrons. The first kappa shape index (κ1) is 125. The Morgan fingerprint density at radius 2 is 0.692 bits per heavy atom. The molecule has 12 rings (SSSR count). The van der Waals surface area contributed by atoms with Crippen LogP contribution < -0.4 is 66.0 Å². The number of aliphatic hydroxyl groups is 10. The van der Waals surface area contributed by atoms with Gasteiger partial charge in [0.25, 0.3) is 22.2 Å². The number of rotatable bonds is 41. The Kier molecular flexibility index (Phi) is 45.5. The average Bonchev–Trinajstić information content (AvgIpc) is 2.44. The molecule has 0 spiro atoms. The number of hydrogen-bond donors (Lipinski definition) is 21. The zero-order chi connectivity index (χ0) is 110. The molecule has 8 aromatic heterocycles. The smallest absolute Gasteiger partial charge is 0.566 e. The monoisotopic (exact) mass is 2230 g/mol. The van der Waals surface area contributed by atoms with Gasteiger partial charge in [-0.1, -0.05) is 109 Å². The lowest BCUT2D eigenvalue weighted by Crippen LogP contribution is -3.11. The van der Waals surface area contributed by atoms with E-state index in [4.69, 9.17) is 80.0 Å². The van der Waals surface area contributed by atoms with Crippen LogP contribution in [0, 0.1) is 21.7 Å². The summed E-state index contributed by atoms with van der Waals surface area (Å²) in [7, 11) is -13.5. The number of anilines is 4. The molecule has 8 aromatic rings. The number of thioether (sulfide) groups is 4. The number of nitrogens with two attached hydrogens (primary N) is 6. The topological polar surface area (TPSA) is 878 Å². The third-order valence-electron chi connectivity index (χ3n) is 24.2. The van der Waals surface area contributed by atoms with Gasteiger partial charge in [0.1, 0.15) is 91.1 Å². The molecule has 4 fully saturated rings. The Balaban J connectivity index is 0.000000250. The predicted molar refractivity (Wildman–Crippen MR) is 535 cm³/mol. The molecule has 65 heteroatoms. The molecule has 146 heavy (non-hydrogen) atoms. The number of aliphatic hydroxyl groups excluding tert-OH is 6. The first-order chi connectivity index (χ1) is 67.9. The van der Waals surface area contributed by atoms with Crippen LogP contribution in [0.15, 0.2) is 44.5 Å². The summed E-state index contributed by atoms with van der Waals surface area (Å²) in [4.78, 5) is 148. The molecule has 8 unspecified atom stereocenters. The normalized spacial score (nSPS) is 25.3. The van der Waals surface area contributed by atoms with Gasteiger partial charge in [0.15, 0.2) is 90.0 Å². The molecular formula is C81H135N23O34P4S4+2. The molecule has 0 bridgehead atoms. The van der Waals surface area contributed by atoms with E-state index in [9.17, 15) is 113 Å². The summed E-state index contributed by atoms with van der Waals surface area (Å²) in [6.07, 6.45) is -7.75. The summed E-state index contributed by atoms with van der Waals surface area (Å²) in [5, 5.41) is 103. The van der Waals surface area contributed by atoms with Crippen LogP contribution in [0.25, 0.3) is 44.7 Å². The SMILES string of the molecule is CC(C)(CO)C(=O)SCCOP(N)(=O)OC[C@H]1O[C@@H](n2cnc3c(=O)[nH]c(N)nc32)C(C)(O)[C@H]1O.CC1(O)[C@@H](O)[C@@H](CO)O[C@H]1n1cnc2c(=O)[nH]c(N)nc21.CCC(C)(C)C(=O)SCCOP(N)(=O)OC[C@H]1O[C@@H](n2cnc3c(=O)[nH]c(N)nc32)C(C)(O)[C@H]1O.CCC(C)(C)C(=O)SCCO[P+](=O)OC[C@H]1O[C@@H](n2cnc3c(=O)[nH]c(N)nc32)C(C)(O)[C@H]1O.CCC(C)(C)C(=O)SCCO[P+](=O)[O-].CC[NH+](CC)CC. The zero-order valence-electron chi connectivity index (χ0n) is 83.7. The van der Waals surface area contributed by atoms with Crippen molar-refractivity contribution in [1.29, 1.82) is 0 Å². The van der Waals surface area contributed by atoms with Crippen molar-refractivity contribution in [2.75, 3.05) is 125 Å². The van der Waals surface area contributed by atoms with Gasteiger partial charge < -0.3 is 103 Å². The Morgan fingerprint density at radius 3 is 0.938 bits per heavy atom. The largest absolute Gasteiger partial charge is 0.697 e. The molecule has 4 aliphatic heterocycles. The second-order valence-electron chi connectivity index (χ2n) is 36.9. The molecule has 57 nitrogen and oxygen atoms in total. The summed E-state index contributed by atoms with van der Waals surface area (Å²) in [6, 6.07) is 0. The first-order valence-electron chi connectivity index (χ1n) is 45.6. The van der Waals surface area contributed by atoms with E-state index in [1.54, 1.807) is 18.7 Å². The number of nitrogens with one attached hydrogen (secondary N) is 5. The van der Waals surface area contributed by atoms with Gasteiger partial charge in [-0.25, -0.2) is 40.1 Å². The maximum absolute atomic E-state index is 12.5. The molecule has 0 amide bonds. The van der Waals surface area contributed by atoms with E-state index in [2.05, 4.69) is 85.1 Å². The molecule has 27 N–H and O–H groups in total. The number of fused-ring (bicyclic) bond motifs is 4. The van der Waals surface area contributed by atoms with Crippen LogP contribution in [0.3, 0.4) is 0 Å². The van der Waals surface area contributed by atoms with Gasteiger partial charge in [0.05, 0.1) is 90.0 Å². The number of aromatic nitrogens is 16. The highest BCUT2D eigenvalue weighted by Crippen LogP contribution is 2.48. The number of carbonyl (C=O) groups excluding carboxylic acids is 4. The van der Waals surface area contributed by atoms with Gasteiger partial charge in [0.2, 0.25) is 23.8 Å². The number of quaternary nitrogens is 1. The number of ether oxygens (including phenoxy) is 4. The second kappa shape index (κ2) is 53.1. The van der Waals surface area contributed by atoms with Crippen molar-refractivity contribution in [3.05, 3.63) is 66.7 Å². The van der Waals surface area contributed by atoms with Crippen LogP contribution in [0.2, 0.25) is 0 Å². The van der Waals surface area contributed by atoms with Crippen LogP contribution in [-0.4, -0.2) is 323 Å². The minimum atomic E-state index is -4.09. The highest BCUT2D eigenvalue weighted by molar-refractivity contribution is 8.14. The summed E-state index contributed by atoms with van der Waals surface area (Å²) in [6.45, 7) is 33.6. The number of nitrogens with zero attached hydrogens (tertiary/aromatic N) is 12. The highest BCUT2D eigenvalue weighted by atomic mass is 32.2. The molecule has 820 valence electrons. The number of nitrogen functional groups attached to an aromatic ring is 4. The van der Waals surface area contributed by atoms with Gasteiger partial charge in [-0.05, 0) is 86.1 Å². The number of carbonyl (C=O) groups is 4. The maximum Gasteiger partial charge on any atom is 0.697 e. The van der Waals surface area contributed by atoms with Crippen molar-refractivity contribution in [3.8, 4) is 0 Å². The molecule has 0 saturated carbocycles. The van der Waals surface area contributed by atoms with E-state index in [0.29, 0.717) is 24.3 Å². The first-order valence-corrected chi connectivity index (χ1v) is 55.0. The van der Waals surface area contributed by atoms with E-state index in [-0.39, 0.29) is 145 Å². The van der Waals surface area contributed by atoms with Crippen molar-refractivity contribution in [2.45, 2.75) is 240 Å². The molecule has 0 aromatic carbocycles. The lowest BCUT2D eigenvalue weighted by atomic mass is 9.92. The van der Waals surface area contributed by atoms with Crippen LogP contribution in [0.4, 0.5) is 23.8 Å². The maximum atomic E-state index is 12.5. The molecule has 0 aliphatic carbocycles. The summed E-state index contributed by atoms with van der Waals surface area (Å²) < 4.78 is 110. The Labute approximate surface area is 854 Å². The Bertz CT molecular complexity index is 5950. The van der Waals surface area contributed by atoms with Crippen molar-refractivity contribution < 1.29 is 149 Å².